The molecule has 0 radical (unpaired) electrons. The SMILES string of the molecule is O=C(NCc1cccnc1N1CCOCC1)C1CCN(c2cc(-n3cncn3)ncn2)CC1. The Kier molecular flexibility index (Phi) is 6.38. The van der Waals surface area contributed by atoms with Gasteiger partial charge in [0.2, 0.25) is 5.91 Å². The zero-order valence-corrected chi connectivity index (χ0v) is 18.4. The maximum absolute atomic E-state index is 12.9. The highest BCUT2D eigenvalue weighted by molar-refractivity contribution is 5.79. The van der Waals surface area contributed by atoms with Gasteiger partial charge in [0.1, 0.15) is 30.6 Å². The Morgan fingerprint density at radius 2 is 1.85 bits per heavy atom. The second-order valence-electron chi connectivity index (χ2n) is 8.14. The average molecular weight is 450 g/mol. The number of pyridine rings is 1. The first kappa shape index (κ1) is 21.3. The number of rotatable bonds is 6. The third-order valence-electron chi connectivity index (χ3n) is 6.11. The molecule has 3 aromatic rings. The molecule has 0 atom stereocenters. The second kappa shape index (κ2) is 9.90. The minimum absolute atomic E-state index is 0.0126. The van der Waals surface area contributed by atoms with Gasteiger partial charge in [0.05, 0.1) is 13.2 Å². The van der Waals surface area contributed by atoms with Crippen molar-refractivity contribution in [2.75, 3.05) is 49.2 Å². The van der Waals surface area contributed by atoms with Gasteiger partial charge in [-0.25, -0.2) is 24.6 Å². The Bertz CT molecular complexity index is 1060. The smallest absolute Gasteiger partial charge is 0.223 e. The molecule has 11 heteroatoms. The van der Waals surface area contributed by atoms with Gasteiger partial charge in [-0.1, -0.05) is 6.07 Å². The van der Waals surface area contributed by atoms with Crippen molar-refractivity contribution in [2.45, 2.75) is 19.4 Å². The predicted octanol–water partition coefficient (Wildman–Crippen LogP) is 0.822. The highest BCUT2D eigenvalue weighted by Crippen LogP contribution is 2.23. The van der Waals surface area contributed by atoms with Crippen LogP contribution in [0.4, 0.5) is 11.6 Å². The van der Waals surface area contributed by atoms with Gasteiger partial charge in [-0.2, -0.15) is 5.10 Å². The Labute approximate surface area is 191 Å². The van der Waals surface area contributed by atoms with E-state index in [0.29, 0.717) is 25.6 Å². The molecule has 2 aliphatic heterocycles. The molecular formula is C22H27N9O2. The molecule has 3 aromatic heterocycles. The first-order valence-corrected chi connectivity index (χ1v) is 11.2. The van der Waals surface area contributed by atoms with Crippen LogP contribution in [0.1, 0.15) is 18.4 Å². The van der Waals surface area contributed by atoms with Crippen molar-refractivity contribution >= 4 is 17.5 Å². The molecule has 1 N–H and O–H groups in total. The number of carbonyl (C=O) groups is 1. The van der Waals surface area contributed by atoms with Crippen LogP contribution in [0.3, 0.4) is 0 Å². The molecule has 0 aliphatic carbocycles. The van der Waals surface area contributed by atoms with Gasteiger partial charge in [-0.15, -0.1) is 0 Å². The van der Waals surface area contributed by atoms with E-state index in [1.165, 1.54) is 12.7 Å². The van der Waals surface area contributed by atoms with E-state index < -0.39 is 0 Å². The number of piperidine rings is 1. The summed E-state index contributed by atoms with van der Waals surface area (Å²) in [7, 11) is 0. The molecule has 5 rings (SSSR count). The lowest BCUT2D eigenvalue weighted by molar-refractivity contribution is -0.125. The van der Waals surface area contributed by atoms with Crippen LogP contribution in [0.5, 0.6) is 0 Å². The van der Waals surface area contributed by atoms with Crippen molar-refractivity contribution in [2.24, 2.45) is 5.92 Å². The summed E-state index contributed by atoms with van der Waals surface area (Å²) in [5, 5.41) is 7.25. The zero-order valence-electron chi connectivity index (χ0n) is 18.4. The number of amides is 1. The minimum atomic E-state index is -0.0126. The Morgan fingerprint density at radius 3 is 2.64 bits per heavy atom. The summed E-state index contributed by atoms with van der Waals surface area (Å²) in [6.07, 6.45) is 7.96. The second-order valence-corrected chi connectivity index (χ2v) is 8.14. The van der Waals surface area contributed by atoms with Gasteiger partial charge >= 0.3 is 0 Å². The number of anilines is 2. The average Bonchev–Trinajstić information content (AvgIpc) is 3.43. The number of nitrogens with one attached hydrogen (secondary N) is 1. The topological polar surface area (TPSA) is 114 Å². The normalized spacial score (nSPS) is 17.2. The van der Waals surface area contributed by atoms with E-state index in [-0.39, 0.29) is 11.8 Å². The van der Waals surface area contributed by atoms with Gasteiger partial charge in [-0.3, -0.25) is 4.79 Å². The van der Waals surface area contributed by atoms with Crippen molar-refractivity contribution in [3.63, 3.8) is 0 Å². The van der Waals surface area contributed by atoms with E-state index >= 15 is 0 Å². The molecule has 0 spiro atoms. The molecule has 11 nitrogen and oxygen atoms in total. The van der Waals surface area contributed by atoms with Crippen LogP contribution in [0.2, 0.25) is 0 Å². The number of morpholine rings is 1. The van der Waals surface area contributed by atoms with Crippen LogP contribution >= 0.6 is 0 Å². The van der Waals surface area contributed by atoms with E-state index in [9.17, 15) is 4.79 Å². The van der Waals surface area contributed by atoms with E-state index in [4.69, 9.17) is 4.74 Å². The molecule has 33 heavy (non-hydrogen) atoms. The monoisotopic (exact) mass is 449 g/mol. The van der Waals surface area contributed by atoms with Crippen LogP contribution < -0.4 is 15.1 Å². The van der Waals surface area contributed by atoms with Crippen LogP contribution in [0.15, 0.2) is 43.4 Å². The van der Waals surface area contributed by atoms with Crippen molar-refractivity contribution in [1.29, 1.82) is 0 Å². The Balaban J connectivity index is 1.16. The largest absolute Gasteiger partial charge is 0.378 e. The third-order valence-corrected chi connectivity index (χ3v) is 6.11. The summed E-state index contributed by atoms with van der Waals surface area (Å²) in [6.45, 7) is 5.04. The van der Waals surface area contributed by atoms with Crippen LogP contribution in [0.25, 0.3) is 5.82 Å². The number of ether oxygens (including phenoxy) is 1. The Hall–Kier alpha value is -3.60. The van der Waals surface area contributed by atoms with E-state index in [0.717, 1.165) is 56.2 Å². The first-order chi connectivity index (χ1) is 16.3. The first-order valence-electron chi connectivity index (χ1n) is 11.2. The van der Waals surface area contributed by atoms with Crippen molar-refractivity contribution in [1.82, 2.24) is 35.0 Å². The van der Waals surface area contributed by atoms with E-state index in [1.807, 2.05) is 18.2 Å². The fourth-order valence-electron chi connectivity index (χ4n) is 4.29. The standard InChI is InChI=1S/C22H27N9O2/c32-22(25-13-18-2-1-5-24-21(18)30-8-10-33-11-9-30)17-3-6-29(7-4-17)19-12-20(27-15-26-19)31-16-23-14-28-31/h1-2,5,12,14-17H,3-4,6-11,13H2,(H,25,32). The van der Waals surface area contributed by atoms with E-state index in [1.54, 1.807) is 17.2 Å². The van der Waals surface area contributed by atoms with Gasteiger partial charge < -0.3 is 19.9 Å². The van der Waals surface area contributed by atoms with Gasteiger partial charge in [0.25, 0.3) is 0 Å². The Morgan fingerprint density at radius 1 is 1.03 bits per heavy atom. The van der Waals surface area contributed by atoms with Crippen LogP contribution in [0, 0.1) is 5.92 Å². The molecule has 5 heterocycles. The van der Waals surface area contributed by atoms with Crippen molar-refractivity contribution in [3.8, 4) is 5.82 Å². The summed E-state index contributed by atoms with van der Waals surface area (Å²) in [5.41, 5.74) is 1.03. The number of carbonyl (C=O) groups excluding carboxylic acids is 1. The lowest BCUT2D eigenvalue weighted by Crippen LogP contribution is -2.41. The van der Waals surface area contributed by atoms with E-state index in [2.05, 4.69) is 40.2 Å². The highest BCUT2D eigenvalue weighted by Gasteiger charge is 2.26. The number of aromatic nitrogens is 6. The van der Waals surface area contributed by atoms with Crippen molar-refractivity contribution in [3.05, 3.63) is 48.9 Å². The number of nitrogens with zero attached hydrogens (tertiary/aromatic N) is 8. The van der Waals surface area contributed by atoms with Gasteiger partial charge in [-0.05, 0) is 18.9 Å². The molecule has 0 saturated carbocycles. The summed E-state index contributed by atoms with van der Waals surface area (Å²) in [4.78, 5) is 34.5. The van der Waals surface area contributed by atoms with Gasteiger partial charge in [0.15, 0.2) is 5.82 Å². The molecule has 0 aromatic carbocycles. The minimum Gasteiger partial charge on any atom is -0.378 e. The molecule has 2 saturated heterocycles. The number of hydrogen-bond donors (Lipinski definition) is 1. The molecule has 0 bridgehead atoms. The summed E-state index contributed by atoms with van der Waals surface area (Å²) < 4.78 is 7.05. The third kappa shape index (κ3) is 4.92. The molecule has 1 amide bonds. The fraction of sp³-hybridized carbons (Fsp3) is 0.455. The fourth-order valence-corrected chi connectivity index (χ4v) is 4.29. The maximum Gasteiger partial charge on any atom is 0.223 e. The summed E-state index contributed by atoms with van der Waals surface area (Å²) in [5.74, 6) is 2.52. The summed E-state index contributed by atoms with van der Waals surface area (Å²) >= 11 is 0. The quantitative estimate of drug-likeness (QED) is 0.584. The summed E-state index contributed by atoms with van der Waals surface area (Å²) in [6, 6.07) is 5.84. The molecular weight excluding hydrogens is 422 g/mol. The lowest BCUT2D eigenvalue weighted by Gasteiger charge is -2.32. The van der Waals surface area contributed by atoms with Crippen LogP contribution in [-0.4, -0.2) is 75.0 Å². The number of hydrogen-bond acceptors (Lipinski definition) is 9. The zero-order chi connectivity index (χ0) is 22.5. The van der Waals surface area contributed by atoms with Crippen LogP contribution in [-0.2, 0) is 16.1 Å². The predicted molar refractivity (Wildman–Crippen MR) is 121 cm³/mol. The lowest BCUT2D eigenvalue weighted by atomic mass is 9.96. The molecule has 0 unspecified atom stereocenters. The highest BCUT2D eigenvalue weighted by atomic mass is 16.5. The molecule has 2 fully saturated rings. The molecule has 172 valence electrons. The van der Waals surface area contributed by atoms with Crippen molar-refractivity contribution < 1.29 is 9.53 Å². The molecule has 2 aliphatic rings. The maximum atomic E-state index is 12.9. The van der Waals surface area contributed by atoms with Gasteiger partial charge in [0, 0.05) is 56.5 Å².